The van der Waals surface area contributed by atoms with Crippen molar-refractivity contribution in [1.29, 1.82) is 0 Å². The molecule has 150 valence electrons. The molecule has 0 fully saturated rings. The first-order valence-electron chi connectivity index (χ1n) is 9.31. The molecule has 3 rings (SSSR count). The van der Waals surface area contributed by atoms with Crippen molar-refractivity contribution in [3.63, 3.8) is 0 Å². The topological polar surface area (TPSA) is 67.2 Å². The first-order valence-corrected chi connectivity index (χ1v) is 9.69. The number of hydrogen-bond acceptors (Lipinski definition) is 3. The Morgan fingerprint density at radius 2 is 1.76 bits per heavy atom. The highest BCUT2D eigenvalue weighted by molar-refractivity contribution is 6.30. The lowest BCUT2D eigenvalue weighted by Gasteiger charge is -2.15. The van der Waals surface area contributed by atoms with E-state index in [4.69, 9.17) is 11.6 Å². The Morgan fingerprint density at radius 3 is 2.38 bits per heavy atom. The molecule has 7 heteroatoms. The van der Waals surface area contributed by atoms with Crippen molar-refractivity contribution < 1.29 is 9.59 Å². The predicted molar refractivity (Wildman–Crippen MR) is 114 cm³/mol. The van der Waals surface area contributed by atoms with Crippen molar-refractivity contribution >= 4 is 29.2 Å². The van der Waals surface area contributed by atoms with Gasteiger partial charge in [-0.3, -0.25) is 9.59 Å². The number of para-hydroxylation sites is 1. The molecule has 0 saturated carbocycles. The second-order valence-electron chi connectivity index (χ2n) is 7.09. The minimum atomic E-state index is -0.241. The zero-order chi connectivity index (χ0) is 21.0. The molecule has 1 heterocycles. The maximum absolute atomic E-state index is 12.9. The number of benzene rings is 2. The van der Waals surface area contributed by atoms with Crippen LogP contribution in [0.4, 0.5) is 5.82 Å². The quantitative estimate of drug-likeness (QED) is 0.655. The highest BCUT2D eigenvalue weighted by Crippen LogP contribution is 2.20. The molecular formula is C22H23ClN4O2. The summed E-state index contributed by atoms with van der Waals surface area (Å²) in [4.78, 5) is 26.7. The van der Waals surface area contributed by atoms with Gasteiger partial charge in [-0.2, -0.15) is 5.10 Å². The van der Waals surface area contributed by atoms with Crippen LogP contribution in [0.15, 0.2) is 60.7 Å². The third kappa shape index (κ3) is 5.03. The fourth-order valence-corrected chi connectivity index (χ4v) is 2.87. The molecule has 2 amide bonds. The van der Waals surface area contributed by atoms with E-state index in [2.05, 4.69) is 10.4 Å². The van der Waals surface area contributed by atoms with Gasteiger partial charge in [0.2, 0.25) is 5.91 Å². The lowest BCUT2D eigenvalue weighted by molar-refractivity contribution is -0.118. The zero-order valence-electron chi connectivity index (χ0n) is 16.6. The molecule has 29 heavy (non-hydrogen) atoms. The van der Waals surface area contributed by atoms with E-state index >= 15 is 0 Å². The van der Waals surface area contributed by atoms with E-state index in [9.17, 15) is 9.59 Å². The summed E-state index contributed by atoms with van der Waals surface area (Å²) in [5, 5.41) is 7.96. The lowest BCUT2D eigenvalue weighted by atomic mass is 10.2. The summed E-state index contributed by atoms with van der Waals surface area (Å²) in [7, 11) is 1.71. The van der Waals surface area contributed by atoms with E-state index in [1.54, 1.807) is 34.8 Å². The highest BCUT2D eigenvalue weighted by Gasteiger charge is 2.20. The fourth-order valence-electron chi connectivity index (χ4n) is 2.74. The average molecular weight is 411 g/mol. The molecule has 0 unspecified atom stereocenters. The van der Waals surface area contributed by atoms with Gasteiger partial charge in [-0.15, -0.1) is 0 Å². The third-order valence-corrected chi connectivity index (χ3v) is 4.64. The number of hydrogen-bond donors (Lipinski definition) is 1. The Balaban J connectivity index is 1.88. The maximum atomic E-state index is 12.9. The number of nitrogens with zero attached hydrogens (tertiary/aromatic N) is 3. The molecule has 1 aromatic heterocycles. The van der Waals surface area contributed by atoms with Crippen LogP contribution >= 0.6 is 11.6 Å². The van der Waals surface area contributed by atoms with Crippen LogP contribution in [0.5, 0.6) is 0 Å². The van der Waals surface area contributed by atoms with Gasteiger partial charge in [0.15, 0.2) is 5.69 Å². The summed E-state index contributed by atoms with van der Waals surface area (Å²) in [6.07, 6.45) is 0. The van der Waals surface area contributed by atoms with E-state index in [0.717, 1.165) is 11.3 Å². The van der Waals surface area contributed by atoms with Crippen LogP contribution in [0.1, 0.15) is 29.9 Å². The molecule has 0 atom stereocenters. The van der Waals surface area contributed by atoms with E-state index in [-0.39, 0.29) is 23.4 Å². The fraction of sp³-hybridized carbons (Fsp3) is 0.227. The average Bonchev–Trinajstić information content (AvgIpc) is 3.13. The minimum absolute atomic E-state index is 0.143. The normalized spacial score (nSPS) is 10.8. The molecule has 6 nitrogen and oxygen atoms in total. The summed E-state index contributed by atoms with van der Waals surface area (Å²) >= 11 is 5.92. The van der Waals surface area contributed by atoms with Crippen LogP contribution in [-0.2, 0) is 11.3 Å². The lowest BCUT2D eigenvalue weighted by Crippen LogP contribution is -2.26. The van der Waals surface area contributed by atoms with Crippen LogP contribution < -0.4 is 5.32 Å². The van der Waals surface area contributed by atoms with Crippen LogP contribution in [-0.4, -0.2) is 33.5 Å². The molecule has 3 aromatic rings. The van der Waals surface area contributed by atoms with Crippen molar-refractivity contribution in [2.75, 3.05) is 12.4 Å². The molecule has 1 N–H and O–H groups in total. The molecule has 0 spiro atoms. The van der Waals surface area contributed by atoms with E-state index in [1.807, 2.05) is 56.3 Å². The van der Waals surface area contributed by atoms with Gasteiger partial charge in [0, 0.05) is 30.6 Å². The van der Waals surface area contributed by atoms with Crippen LogP contribution in [0, 0.1) is 5.92 Å². The number of nitrogens with one attached hydrogen (secondary N) is 1. The van der Waals surface area contributed by atoms with Gasteiger partial charge in [-0.25, -0.2) is 4.68 Å². The summed E-state index contributed by atoms with van der Waals surface area (Å²) in [5.41, 5.74) is 1.97. The second kappa shape index (κ2) is 8.92. The Labute approximate surface area is 175 Å². The Bertz CT molecular complexity index is 997. The SMILES string of the molecule is CC(C)C(=O)Nc1cc(C(=O)N(C)Cc2ccc(Cl)cc2)nn1-c1ccccc1. The Morgan fingerprint density at radius 1 is 1.10 bits per heavy atom. The summed E-state index contributed by atoms with van der Waals surface area (Å²) in [6, 6.07) is 18.3. The number of halogens is 1. The largest absolute Gasteiger partial charge is 0.336 e. The molecule has 0 bridgehead atoms. The Kier molecular flexibility index (Phi) is 6.34. The third-order valence-electron chi connectivity index (χ3n) is 4.38. The summed E-state index contributed by atoms with van der Waals surface area (Å²) in [5.74, 6) is -0.121. The van der Waals surface area contributed by atoms with Gasteiger partial charge in [0.25, 0.3) is 5.91 Å². The minimum Gasteiger partial charge on any atom is -0.336 e. The predicted octanol–water partition coefficient (Wildman–Crippen LogP) is 4.39. The molecule has 0 aliphatic carbocycles. The number of carbonyl (C=O) groups excluding carboxylic acids is 2. The number of carbonyl (C=O) groups is 2. The van der Waals surface area contributed by atoms with Gasteiger partial charge >= 0.3 is 0 Å². The van der Waals surface area contributed by atoms with Crippen molar-refractivity contribution in [2.45, 2.75) is 20.4 Å². The van der Waals surface area contributed by atoms with Crippen molar-refractivity contribution in [2.24, 2.45) is 5.92 Å². The standard InChI is InChI=1S/C22H23ClN4O2/c1-15(2)21(28)24-20-13-19(25-27(20)18-7-5-4-6-8-18)22(29)26(3)14-16-9-11-17(23)12-10-16/h4-13,15H,14H2,1-3H3,(H,24,28). The smallest absolute Gasteiger partial charge is 0.274 e. The zero-order valence-corrected chi connectivity index (χ0v) is 17.3. The molecule has 0 saturated heterocycles. The van der Waals surface area contributed by atoms with Crippen molar-refractivity contribution in [1.82, 2.24) is 14.7 Å². The van der Waals surface area contributed by atoms with Crippen LogP contribution in [0.3, 0.4) is 0 Å². The summed E-state index contributed by atoms with van der Waals surface area (Å²) in [6.45, 7) is 4.04. The van der Waals surface area contributed by atoms with Gasteiger partial charge < -0.3 is 10.2 Å². The van der Waals surface area contributed by atoms with Crippen molar-refractivity contribution in [3.8, 4) is 5.69 Å². The Hall–Kier alpha value is -3.12. The van der Waals surface area contributed by atoms with Gasteiger partial charge in [0.05, 0.1) is 5.69 Å². The van der Waals surface area contributed by atoms with E-state index in [1.165, 1.54) is 0 Å². The van der Waals surface area contributed by atoms with Gasteiger partial charge in [0.1, 0.15) is 5.82 Å². The van der Waals surface area contributed by atoms with Crippen molar-refractivity contribution in [3.05, 3.63) is 76.9 Å². The maximum Gasteiger partial charge on any atom is 0.274 e. The molecular weight excluding hydrogens is 388 g/mol. The number of aromatic nitrogens is 2. The van der Waals surface area contributed by atoms with Gasteiger partial charge in [-0.05, 0) is 29.8 Å². The number of rotatable bonds is 6. The monoisotopic (exact) mass is 410 g/mol. The van der Waals surface area contributed by atoms with Crippen LogP contribution in [0.25, 0.3) is 5.69 Å². The molecule has 0 radical (unpaired) electrons. The second-order valence-corrected chi connectivity index (χ2v) is 7.53. The van der Waals surface area contributed by atoms with E-state index in [0.29, 0.717) is 17.4 Å². The van der Waals surface area contributed by atoms with Crippen LogP contribution in [0.2, 0.25) is 5.02 Å². The number of anilines is 1. The summed E-state index contributed by atoms with van der Waals surface area (Å²) < 4.78 is 1.57. The highest BCUT2D eigenvalue weighted by atomic mass is 35.5. The first-order chi connectivity index (χ1) is 13.8. The van der Waals surface area contributed by atoms with E-state index < -0.39 is 0 Å². The number of amides is 2. The molecule has 0 aliphatic heterocycles. The molecule has 0 aliphatic rings. The first kappa shape index (κ1) is 20.6. The molecule has 2 aromatic carbocycles. The van der Waals surface area contributed by atoms with Gasteiger partial charge in [-0.1, -0.05) is 55.8 Å².